The number of carbonyl (C=O) groups is 2. The van der Waals surface area contributed by atoms with Gasteiger partial charge in [0.2, 0.25) is 0 Å². The topological polar surface area (TPSA) is 93.4 Å². The van der Waals surface area contributed by atoms with Gasteiger partial charge in [-0.25, -0.2) is 10.2 Å². The second-order valence-electron chi connectivity index (χ2n) is 3.20. The van der Waals surface area contributed by atoms with Crippen LogP contribution in [0.1, 0.15) is 6.92 Å². The largest absolute Gasteiger partial charge is 0.481 e. The van der Waals surface area contributed by atoms with Crippen LogP contribution in [0.3, 0.4) is 0 Å². The molecule has 0 spiro atoms. The average molecular weight is 258 g/mol. The normalized spacial score (nSPS) is 11.4. The summed E-state index contributed by atoms with van der Waals surface area (Å²) in [4.78, 5) is 21.8. The molecule has 3 amide bonds. The minimum Gasteiger partial charge on any atom is -0.481 e. The molecule has 1 aromatic carbocycles. The van der Waals surface area contributed by atoms with Gasteiger partial charge >= 0.3 is 6.03 Å². The van der Waals surface area contributed by atoms with E-state index < -0.39 is 18.0 Å². The summed E-state index contributed by atoms with van der Waals surface area (Å²) < 4.78 is 5.30. The second-order valence-corrected chi connectivity index (χ2v) is 3.63. The molecule has 1 unspecified atom stereocenters. The first-order valence-corrected chi connectivity index (χ1v) is 5.14. The van der Waals surface area contributed by atoms with E-state index in [1.807, 2.05) is 5.43 Å². The molecule has 0 bridgehead atoms. The minimum absolute atomic E-state index is 0.458. The Balaban J connectivity index is 2.51. The third-order valence-corrected chi connectivity index (χ3v) is 2.02. The van der Waals surface area contributed by atoms with Crippen molar-refractivity contribution in [3.63, 3.8) is 0 Å². The van der Waals surface area contributed by atoms with Gasteiger partial charge in [0.15, 0.2) is 6.10 Å². The average Bonchev–Trinajstić information content (AvgIpc) is 2.25. The smallest absolute Gasteiger partial charge is 0.330 e. The van der Waals surface area contributed by atoms with E-state index in [-0.39, 0.29) is 0 Å². The first-order valence-electron chi connectivity index (χ1n) is 4.76. The van der Waals surface area contributed by atoms with Gasteiger partial charge < -0.3 is 10.5 Å². The molecule has 0 aromatic heterocycles. The fraction of sp³-hybridized carbons (Fsp3) is 0.200. The van der Waals surface area contributed by atoms with Crippen LogP contribution < -0.4 is 21.3 Å². The molecule has 4 N–H and O–H groups in total. The van der Waals surface area contributed by atoms with Crippen molar-refractivity contribution in [2.45, 2.75) is 13.0 Å². The standard InChI is InChI=1S/C10H12ClN3O3/c1-6(9(15)13-14-10(12)16)17-8-4-2-3-7(11)5-8/h2-6H,1H3,(H,13,15)(H3,12,14,16). The number of halogens is 1. The van der Waals surface area contributed by atoms with E-state index in [1.165, 1.54) is 6.92 Å². The number of nitrogens with two attached hydrogens (primary N) is 1. The van der Waals surface area contributed by atoms with E-state index in [0.29, 0.717) is 10.8 Å². The highest BCUT2D eigenvalue weighted by Crippen LogP contribution is 2.18. The zero-order valence-electron chi connectivity index (χ0n) is 9.07. The number of hydrogen-bond donors (Lipinski definition) is 3. The first kappa shape index (κ1) is 13.1. The van der Waals surface area contributed by atoms with Crippen LogP contribution in [-0.2, 0) is 4.79 Å². The predicted molar refractivity (Wildman–Crippen MR) is 62.4 cm³/mol. The van der Waals surface area contributed by atoms with Crippen molar-refractivity contribution < 1.29 is 14.3 Å². The van der Waals surface area contributed by atoms with Crippen molar-refractivity contribution in [1.29, 1.82) is 0 Å². The highest BCUT2D eigenvalue weighted by Gasteiger charge is 2.14. The van der Waals surface area contributed by atoms with Gasteiger partial charge in [-0.1, -0.05) is 17.7 Å². The van der Waals surface area contributed by atoms with Crippen LogP contribution in [0.5, 0.6) is 5.75 Å². The molecule has 17 heavy (non-hydrogen) atoms. The van der Waals surface area contributed by atoms with Crippen molar-refractivity contribution in [2.75, 3.05) is 0 Å². The molecule has 0 saturated carbocycles. The summed E-state index contributed by atoms with van der Waals surface area (Å²) in [5, 5.41) is 0.505. The van der Waals surface area contributed by atoms with Gasteiger partial charge in [-0.15, -0.1) is 0 Å². The van der Waals surface area contributed by atoms with E-state index in [1.54, 1.807) is 24.3 Å². The Morgan fingerprint density at radius 2 is 2.12 bits per heavy atom. The molecule has 0 aliphatic heterocycles. The number of primary amides is 1. The number of rotatable bonds is 3. The van der Waals surface area contributed by atoms with Gasteiger partial charge in [0, 0.05) is 5.02 Å². The number of benzene rings is 1. The van der Waals surface area contributed by atoms with Crippen LogP contribution >= 0.6 is 11.6 Å². The Hall–Kier alpha value is -1.95. The van der Waals surface area contributed by atoms with E-state index in [2.05, 4.69) is 5.43 Å². The van der Waals surface area contributed by atoms with Crippen LogP contribution in [0.2, 0.25) is 5.02 Å². The van der Waals surface area contributed by atoms with E-state index in [0.717, 1.165) is 0 Å². The van der Waals surface area contributed by atoms with Gasteiger partial charge in [-0.3, -0.25) is 10.2 Å². The lowest BCUT2D eigenvalue weighted by molar-refractivity contribution is -0.127. The molecule has 0 aliphatic carbocycles. The van der Waals surface area contributed by atoms with E-state index in [4.69, 9.17) is 22.1 Å². The van der Waals surface area contributed by atoms with Crippen LogP contribution in [0, 0.1) is 0 Å². The van der Waals surface area contributed by atoms with Crippen LogP contribution in [-0.4, -0.2) is 18.0 Å². The Bertz CT molecular complexity index is 425. The van der Waals surface area contributed by atoms with Crippen molar-refractivity contribution in [2.24, 2.45) is 5.73 Å². The highest BCUT2D eigenvalue weighted by atomic mass is 35.5. The molecular formula is C10H12ClN3O3. The Labute approximate surface area is 103 Å². The third kappa shape index (κ3) is 4.60. The van der Waals surface area contributed by atoms with Gasteiger partial charge in [0.05, 0.1) is 0 Å². The molecular weight excluding hydrogens is 246 g/mol. The van der Waals surface area contributed by atoms with Gasteiger partial charge in [0.25, 0.3) is 5.91 Å². The van der Waals surface area contributed by atoms with E-state index >= 15 is 0 Å². The number of hydrogen-bond acceptors (Lipinski definition) is 3. The number of nitrogens with one attached hydrogen (secondary N) is 2. The molecule has 92 valence electrons. The molecule has 1 rings (SSSR count). The first-order chi connectivity index (χ1) is 7.99. The number of amides is 3. The summed E-state index contributed by atoms with van der Waals surface area (Å²) >= 11 is 5.76. The Morgan fingerprint density at radius 1 is 1.41 bits per heavy atom. The highest BCUT2D eigenvalue weighted by molar-refractivity contribution is 6.30. The van der Waals surface area contributed by atoms with E-state index in [9.17, 15) is 9.59 Å². The van der Waals surface area contributed by atoms with Crippen molar-refractivity contribution >= 4 is 23.5 Å². The van der Waals surface area contributed by atoms with Crippen molar-refractivity contribution in [3.8, 4) is 5.75 Å². The SMILES string of the molecule is CC(Oc1cccc(Cl)c1)C(=O)NNC(N)=O. The zero-order valence-corrected chi connectivity index (χ0v) is 9.82. The lowest BCUT2D eigenvalue weighted by Crippen LogP contribution is -2.49. The maximum Gasteiger partial charge on any atom is 0.330 e. The summed E-state index contributed by atoms with van der Waals surface area (Å²) in [6.45, 7) is 1.53. The number of hydrazine groups is 1. The van der Waals surface area contributed by atoms with Crippen molar-refractivity contribution in [3.05, 3.63) is 29.3 Å². The van der Waals surface area contributed by atoms with Gasteiger partial charge in [0.1, 0.15) is 5.75 Å². The molecule has 0 saturated heterocycles. The minimum atomic E-state index is -0.853. The maximum atomic E-state index is 11.4. The molecule has 0 aliphatic rings. The monoisotopic (exact) mass is 257 g/mol. The number of carbonyl (C=O) groups excluding carboxylic acids is 2. The lowest BCUT2D eigenvalue weighted by atomic mass is 10.3. The molecule has 1 aromatic rings. The van der Waals surface area contributed by atoms with Crippen LogP contribution in [0.25, 0.3) is 0 Å². The quantitative estimate of drug-likeness (QED) is 0.700. The lowest BCUT2D eigenvalue weighted by Gasteiger charge is -2.14. The molecule has 1 atom stereocenters. The Kier molecular flexibility index (Phi) is 4.59. The summed E-state index contributed by atoms with van der Waals surface area (Å²) in [7, 11) is 0. The number of urea groups is 1. The number of ether oxygens (including phenoxy) is 1. The summed E-state index contributed by atoms with van der Waals surface area (Å²) in [5.74, 6) is -0.0667. The second kappa shape index (κ2) is 5.95. The summed E-state index contributed by atoms with van der Waals surface area (Å²) in [5.41, 5.74) is 8.84. The molecule has 0 fully saturated rings. The predicted octanol–water partition coefficient (Wildman–Crippen LogP) is 0.807. The van der Waals surface area contributed by atoms with Gasteiger partial charge in [-0.05, 0) is 25.1 Å². The Morgan fingerprint density at radius 3 is 2.71 bits per heavy atom. The molecule has 0 heterocycles. The van der Waals surface area contributed by atoms with Crippen molar-refractivity contribution in [1.82, 2.24) is 10.9 Å². The fourth-order valence-corrected chi connectivity index (χ4v) is 1.20. The molecule has 6 nitrogen and oxygen atoms in total. The third-order valence-electron chi connectivity index (χ3n) is 1.79. The molecule has 0 radical (unpaired) electrons. The summed E-state index contributed by atoms with van der Waals surface area (Å²) in [6.07, 6.45) is -0.791. The molecule has 7 heteroatoms. The summed E-state index contributed by atoms with van der Waals surface area (Å²) in [6, 6.07) is 5.77. The van der Waals surface area contributed by atoms with Gasteiger partial charge in [-0.2, -0.15) is 0 Å². The fourth-order valence-electron chi connectivity index (χ4n) is 1.02. The van der Waals surface area contributed by atoms with Crippen LogP contribution in [0.15, 0.2) is 24.3 Å². The zero-order chi connectivity index (χ0) is 12.8. The maximum absolute atomic E-state index is 11.4. The van der Waals surface area contributed by atoms with Crippen LogP contribution in [0.4, 0.5) is 4.79 Å².